The molecular weight excluding hydrogens is 238 g/mol. The summed E-state index contributed by atoms with van der Waals surface area (Å²) in [6, 6.07) is 0. The molecule has 0 aromatic carbocycles. The van der Waals surface area contributed by atoms with Crippen molar-refractivity contribution in [3.63, 3.8) is 0 Å². The van der Waals surface area contributed by atoms with Crippen LogP contribution in [-0.4, -0.2) is 36.6 Å². The van der Waals surface area contributed by atoms with Crippen molar-refractivity contribution in [1.29, 1.82) is 0 Å². The molecule has 1 N–H and O–H groups in total. The minimum Gasteiger partial charge on any atom is -0.383 e. The molecule has 2 aliphatic rings. The monoisotopic (exact) mass is 263 g/mol. The zero-order valence-corrected chi connectivity index (χ0v) is 12.1. The molecule has 2 atom stereocenters. The van der Waals surface area contributed by atoms with Crippen LogP contribution in [0.15, 0.2) is 12.4 Å². The average Bonchev–Trinajstić information content (AvgIpc) is 2.81. The molecule has 106 valence electrons. The normalized spacial score (nSPS) is 32.5. The van der Waals surface area contributed by atoms with Crippen LogP contribution < -0.4 is 5.32 Å². The average molecular weight is 263 g/mol. The lowest BCUT2D eigenvalue weighted by molar-refractivity contribution is 0.186. The van der Waals surface area contributed by atoms with E-state index >= 15 is 0 Å². The van der Waals surface area contributed by atoms with Gasteiger partial charge in [0, 0.05) is 33.4 Å². The van der Waals surface area contributed by atoms with Crippen LogP contribution in [0.2, 0.25) is 0 Å². The Morgan fingerprint density at radius 3 is 2.89 bits per heavy atom. The summed E-state index contributed by atoms with van der Waals surface area (Å²) in [6.45, 7) is 2.88. The van der Waals surface area contributed by atoms with E-state index in [0.29, 0.717) is 5.41 Å². The standard InChI is InChI=1S/C15H25N3O/c1-18-10-12(9-17-18)6-15(11-16-3-4-19-2)7-13-5-14(13)8-15/h9-10,13-14,16H,3-8,11H2,1-2H3. The number of fused-ring (bicyclic) bond motifs is 1. The van der Waals surface area contributed by atoms with Gasteiger partial charge in [0.05, 0.1) is 12.8 Å². The summed E-state index contributed by atoms with van der Waals surface area (Å²) in [5.41, 5.74) is 1.85. The molecule has 0 amide bonds. The fraction of sp³-hybridized carbons (Fsp3) is 0.800. The summed E-state index contributed by atoms with van der Waals surface area (Å²) in [7, 11) is 3.76. The van der Waals surface area contributed by atoms with Gasteiger partial charge in [-0.1, -0.05) is 0 Å². The van der Waals surface area contributed by atoms with Crippen LogP contribution >= 0.6 is 0 Å². The number of aromatic nitrogens is 2. The molecule has 2 fully saturated rings. The second kappa shape index (κ2) is 5.25. The Labute approximate surface area is 115 Å². The Balaban J connectivity index is 1.60. The Morgan fingerprint density at radius 1 is 1.47 bits per heavy atom. The van der Waals surface area contributed by atoms with Crippen LogP contribution in [0, 0.1) is 17.3 Å². The maximum absolute atomic E-state index is 5.12. The fourth-order valence-corrected chi connectivity index (χ4v) is 3.88. The third kappa shape index (κ3) is 3.00. The number of aryl methyl sites for hydroxylation is 1. The van der Waals surface area contributed by atoms with E-state index in [2.05, 4.69) is 16.6 Å². The summed E-state index contributed by atoms with van der Waals surface area (Å²) in [6.07, 6.45) is 9.64. The Bertz CT molecular complexity index is 419. The highest BCUT2D eigenvalue weighted by Gasteiger charge is 2.53. The molecule has 4 nitrogen and oxygen atoms in total. The number of rotatable bonds is 7. The lowest BCUT2D eigenvalue weighted by atomic mass is 9.78. The van der Waals surface area contributed by atoms with E-state index in [1.54, 1.807) is 7.11 Å². The molecule has 4 heteroatoms. The topological polar surface area (TPSA) is 39.1 Å². The maximum atomic E-state index is 5.12. The van der Waals surface area contributed by atoms with E-state index in [4.69, 9.17) is 4.74 Å². The Morgan fingerprint density at radius 2 is 2.26 bits per heavy atom. The first-order chi connectivity index (χ1) is 9.21. The Kier molecular flexibility index (Phi) is 3.63. The van der Waals surface area contributed by atoms with Crippen LogP contribution in [-0.2, 0) is 18.2 Å². The first kappa shape index (κ1) is 13.1. The number of methoxy groups -OCH3 is 1. The Hall–Kier alpha value is -0.870. The van der Waals surface area contributed by atoms with E-state index < -0.39 is 0 Å². The van der Waals surface area contributed by atoms with Crippen molar-refractivity contribution in [3.05, 3.63) is 18.0 Å². The van der Waals surface area contributed by atoms with E-state index in [1.165, 1.54) is 31.2 Å². The van der Waals surface area contributed by atoms with Crippen molar-refractivity contribution in [2.75, 3.05) is 26.8 Å². The minimum atomic E-state index is 0.463. The van der Waals surface area contributed by atoms with Gasteiger partial charge < -0.3 is 10.1 Å². The summed E-state index contributed by atoms with van der Waals surface area (Å²) in [4.78, 5) is 0. The molecular formula is C15H25N3O. The van der Waals surface area contributed by atoms with Crippen molar-refractivity contribution in [2.24, 2.45) is 24.3 Å². The number of hydrogen-bond acceptors (Lipinski definition) is 3. The van der Waals surface area contributed by atoms with Gasteiger partial charge >= 0.3 is 0 Å². The molecule has 0 spiro atoms. The summed E-state index contributed by atoms with van der Waals surface area (Å²) in [5, 5.41) is 7.89. The van der Waals surface area contributed by atoms with Crippen LogP contribution in [0.4, 0.5) is 0 Å². The van der Waals surface area contributed by atoms with Crippen molar-refractivity contribution >= 4 is 0 Å². The highest BCUT2D eigenvalue weighted by atomic mass is 16.5. The van der Waals surface area contributed by atoms with Crippen molar-refractivity contribution in [1.82, 2.24) is 15.1 Å². The molecule has 2 aliphatic carbocycles. The number of nitrogens with one attached hydrogen (secondary N) is 1. The van der Waals surface area contributed by atoms with Gasteiger partial charge in [0.15, 0.2) is 0 Å². The SMILES string of the molecule is COCCNCC1(Cc2cnn(C)c2)CC2CC2C1. The minimum absolute atomic E-state index is 0.463. The first-order valence-electron chi connectivity index (χ1n) is 7.38. The van der Waals surface area contributed by atoms with Gasteiger partial charge in [-0.3, -0.25) is 4.68 Å². The summed E-state index contributed by atoms with van der Waals surface area (Å²) >= 11 is 0. The molecule has 1 heterocycles. The smallest absolute Gasteiger partial charge is 0.0587 e. The highest BCUT2D eigenvalue weighted by molar-refractivity contribution is 5.13. The first-order valence-corrected chi connectivity index (χ1v) is 7.38. The maximum Gasteiger partial charge on any atom is 0.0587 e. The molecule has 0 saturated heterocycles. The molecule has 0 bridgehead atoms. The van der Waals surface area contributed by atoms with Crippen LogP contribution in [0.5, 0.6) is 0 Å². The molecule has 19 heavy (non-hydrogen) atoms. The second-order valence-corrected chi connectivity index (χ2v) is 6.53. The molecule has 1 aromatic heterocycles. The zero-order valence-electron chi connectivity index (χ0n) is 12.1. The predicted octanol–water partition coefficient (Wildman–Crippen LogP) is 1.61. The van der Waals surface area contributed by atoms with Gasteiger partial charge in [0.1, 0.15) is 0 Å². The van der Waals surface area contributed by atoms with Gasteiger partial charge in [0.25, 0.3) is 0 Å². The van der Waals surface area contributed by atoms with Gasteiger partial charge in [-0.25, -0.2) is 0 Å². The van der Waals surface area contributed by atoms with E-state index in [9.17, 15) is 0 Å². The van der Waals surface area contributed by atoms with Crippen LogP contribution in [0.25, 0.3) is 0 Å². The summed E-state index contributed by atoms with van der Waals surface area (Å²) < 4.78 is 7.03. The van der Waals surface area contributed by atoms with Crippen LogP contribution in [0.1, 0.15) is 24.8 Å². The zero-order chi connectivity index (χ0) is 13.3. The number of ether oxygens (including phenoxy) is 1. The second-order valence-electron chi connectivity index (χ2n) is 6.53. The number of nitrogens with zero attached hydrogens (tertiary/aromatic N) is 2. The lowest BCUT2D eigenvalue weighted by Crippen LogP contribution is -2.36. The third-order valence-corrected chi connectivity index (χ3v) is 4.78. The van der Waals surface area contributed by atoms with Gasteiger partial charge in [-0.15, -0.1) is 0 Å². The third-order valence-electron chi connectivity index (χ3n) is 4.78. The molecule has 1 aromatic rings. The van der Waals surface area contributed by atoms with Gasteiger partial charge in [-0.05, 0) is 48.5 Å². The molecule has 0 aliphatic heterocycles. The molecule has 2 saturated carbocycles. The number of hydrogen-bond donors (Lipinski definition) is 1. The summed E-state index contributed by atoms with van der Waals surface area (Å²) in [5.74, 6) is 2.03. The van der Waals surface area contributed by atoms with Crippen molar-refractivity contribution in [2.45, 2.75) is 25.7 Å². The molecule has 3 rings (SSSR count). The fourth-order valence-electron chi connectivity index (χ4n) is 3.88. The quantitative estimate of drug-likeness (QED) is 0.760. The van der Waals surface area contributed by atoms with E-state index in [1.807, 2.05) is 17.9 Å². The largest absolute Gasteiger partial charge is 0.383 e. The lowest BCUT2D eigenvalue weighted by Gasteiger charge is -2.31. The van der Waals surface area contributed by atoms with E-state index in [-0.39, 0.29) is 0 Å². The molecule has 0 radical (unpaired) electrons. The highest BCUT2D eigenvalue weighted by Crippen LogP contribution is 2.60. The van der Waals surface area contributed by atoms with Crippen molar-refractivity contribution in [3.8, 4) is 0 Å². The van der Waals surface area contributed by atoms with Crippen molar-refractivity contribution < 1.29 is 4.74 Å². The predicted molar refractivity (Wildman–Crippen MR) is 74.9 cm³/mol. The van der Waals surface area contributed by atoms with E-state index in [0.717, 1.165) is 31.5 Å². The van der Waals surface area contributed by atoms with Gasteiger partial charge in [0.2, 0.25) is 0 Å². The van der Waals surface area contributed by atoms with Crippen LogP contribution in [0.3, 0.4) is 0 Å². The van der Waals surface area contributed by atoms with Gasteiger partial charge in [-0.2, -0.15) is 5.10 Å². The molecule has 2 unspecified atom stereocenters.